The second-order valence-electron chi connectivity index (χ2n) is 8.05. The molecule has 2 amide bonds. The summed E-state index contributed by atoms with van der Waals surface area (Å²) in [5.74, 6) is 0.541. The summed E-state index contributed by atoms with van der Waals surface area (Å²) in [6.45, 7) is -0.0136. The average molecular weight is 440 g/mol. The molecule has 1 saturated carbocycles. The summed E-state index contributed by atoms with van der Waals surface area (Å²) >= 11 is 6.41. The number of rotatable bonds is 6. The summed E-state index contributed by atoms with van der Waals surface area (Å²) in [5, 5.41) is 6.74. The Labute approximate surface area is 187 Å². The molecule has 31 heavy (non-hydrogen) atoms. The Morgan fingerprint density at radius 1 is 1.16 bits per heavy atom. The summed E-state index contributed by atoms with van der Waals surface area (Å²) in [6.07, 6.45) is 3.39. The number of carbonyl (C=O) groups excluding carboxylic acids is 2. The highest BCUT2D eigenvalue weighted by Gasteiger charge is 2.36. The van der Waals surface area contributed by atoms with Crippen LogP contribution in [0.4, 0.5) is 0 Å². The van der Waals surface area contributed by atoms with Crippen LogP contribution in [0, 0.1) is 5.92 Å². The number of hydrogen-bond donors (Lipinski definition) is 0. The second kappa shape index (κ2) is 9.10. The third-order valence-electron chi connectivity index (χ3n) is 6.05. The van der Waals surface area contributed by atoms with Crippen LogP contribution in [0.5, 0.6) is 5.75 Å². The highest BCUT2D eigenvalue weighted by Crippen LogP contribution is 2.38. The lowest BCUT2D eigenvalue weighted by Gasteiger charge is -2.30. The number of hydrogen-bond acceptors (Lipinski definition) is 4. The van der Waals surface area contributed by atoms with E-state index in [0.717, 1.165) is 36.1 Å². The molecule has 1 aliphatic heterocycles. The fourth-order valence-electron chi connectivity index (χ4n) is 4.10. The first-order chi connectivity index (χ1) is 15.0. The summed E-state index contributed by atoms with van der Waals surface area (Å²) in [4.78, 5) is 27.3. The molecule has 0 bridgehead atoms. The summed E-state index contributed by atoms with van der Waals surface area (Å²) in [7, 11) is 3.30. The molecule has 0 aromatic heterocycles. The molecular weight excluding hydrogens is 414 g/mol. The van der Waals surface area contributed by atoms with Gasteiger partial charge in [-0.15, -0.1) is 0 Å². The van der Waals surface area contributed by atoms with Gasteiger partial charge in [-0.1, -0.05) is 54.4 Å². The minimum atomic E-state index is -0.331. The minimum Gasteiger partial charge on any atom is -0.496 e. The normalized spacial score (nSPS) is 18.4. The number of methoxy groups -OCH3 is 1. The van der Waals surface area contributed by atoms with E-state index in [-0.39, 0.29) is 30.3 Å². The smallest absolute Gasteiger partial charge is 0.262 e. The molecule has 2 aromatic carbocycles. The van der Waals surface area contributed by atoms with E-state index in [9.17, 15) is 9.59 Å². The van der Waals surface area contributed by atoms with Gasteiger partial charge in [-0.3, -0.25) is 9.59 Å². The predicted molar refractivity (Wildman–Crippen MR) is 120 cm³/mol. The molecule has 7 heteroatoms. The molecule has 1 aliphatic carbocycles. The summed E-state index contributed by atoms with van der Waals surface area (Å²) in [5.41, 5.74) is 2.42. The lowest BCUT2D eigenvalue weighted by atomic mass is 9.84. The standard InChI is InChI=1S/C24H26ClN3O3/c1-27(24(30)16-8-7-9-16)15-23(29)28-21(18-11-4-6-13-22(18)31-2)14-20(26-28)17-10-3-5-12-19(17)25/h3-6,10-13,16,21H,7-9,14-15H2,1-2H3/t21-/m0/s1. The van der Waals surface area contributed by atoms with Crippen molar-refractivity contribution in [2.24, 2.45) is 11.0 Å². The van der Waals surface area contributed by atoms with Gasteiger partial charge in [0.15, 0.2) is 0 Å². The van der Waals surface area contributed by atoms with Crippen molar-refractivity contribution in [3.63, 3.8) is 0 Å². The van der Waals surface area contributed by atoms with E-state index in [1.807, 2.05) is 48.5 Å². The number of hydrazone groups is 1. The molecule has 0 saturated heterocycles. The first-order valence-corrected chi connectivity index (χ1v) is 10.9. The first kappa shape index (κ1) is 21.4. The average Bonchev–Trinajstić information content (AvgIpc) is 3.17. The fourth-order valence-corrected chi connectivity index (χ4v) is 4.35. The van der Waals surface area contributed by atoms with Gasteiger partial charge in [-0.05, 0) is 25.0 Å². The molecule has 1 atom stereocenters. The predicted octanol–water partition coefficient (Wildman–Crippen LogP) is 4.28. The van der Waals surface area contributed by atoms with Gasteiger partial charge in [-0.2, -0.15) is 5.10 Å². The molecule has 0 radical (unpaired) electrons. The number of carbonyl (C=O) groups is 2. The lowest BCUT2D eigenvalue weighted by molar-refractivity contribution is -0.144. The lowest BCUT2D eigenvalue weighted by Crippen LogP contribution is -2.42. The molecule has 0 unspecified atom stereocenters. The summed E-state index contributed by atoms with van der Waals surface area (Å²) in [6, 6.07) is 14.8. The van der Waals surface area contributed by atoms with Crippen LogP contribution >= 0.6 is 11.6 Å². The van der Waals surface area contributed by atoms with Crippen LogP contribution in [0.2, 0.25) is 5.02 Å². The van der Waals surface area contributed by atoms with E-state index in [2.05, 4.69) is 5.10 Å². The number of halogens is 1. The Bertz CT molecular complexity index is 1020. The quantitative estimate of drug-likeness (QED) is 0.674. The van der Waals surface area contributed by atoms with E-state index in [1.54, 1.807) is 14.2 Å². The van der Waals surface area contributed by atoms with Crippen LogP contribution < -0.4 is 4.74 Å². The van der Waals surface area contributed by atoms with E-state index in [4.69, 9.17) is 16.3 Å². The van der Waals surface area contributed by atoms with Crippen molar-refractivity contribution < 1.29 is 14.3 Å². The van der Waals surface area contributed by atoms with Crippen molar-refractivity contribution in [2.45, 2.75) is 31.7 Å². The molecule has 0 spiro atoms. The maximum atomic E-state index is 13.3. The van der Waals surface area contributed by atoms with Crippen molar-refractivity contribution in [3.05, 3.63) is 64.7 Å². The van der Waals surface area contributed by atoms with Gasteiger partial charge in [0.05, 0.1) is 18.9 Å². The van der Waals surface area contributed by atoms with Crippen LogP contribution in [0.25, 0.3) is 0 Å². The Morgan fingerprint density at radius 2 is 1.87 bits per heavy atom. The Morgan fingerprint density at radius 3 is 2.55 bits per heavy atom. The van der Waals surface area contributed by atoms with Crippen molar-refractivity contribution in [2.75, 3.05) is 20.7 Å². The largest absolute Gasteiger partial charge is 0.496 e. The molecule has 4 rings (SSSR count). The number of nitrogens with zero attached hydrogens (tertiary/aromatic N) is 3. The van der Waals surface area contributed by atoms with Crippen molar-refractivity contribution >= 4 is 29.1 Å². The zero-order chi connectivity index (χ0) is 22.0. The second-order valence-corrected chi connectivity index (χ2v) is 8.46. The van der Waals surface area contributed by atoms with E-state index < -0.39 is 0 Å². The molecule has 6 nitrogen and oxygen atoms in total. The number of amides is 2. The number of benzene rings is 2. The molecule has 1 heterocycles. The molecule has 162 valence electrons. The van der Waals surface area contributed by atoms with Gasteiger partial charge in [0, 0.05) is 35.5 Å². The van der Waals surface area contributed by atoms with Crippen molar-refractivity contribution in [1.82, 2.24) is 9.91 Å². The maximum absolute atomic E-state index is 13.3. The van der Waals surface area contributed by atoms with Crippen molar-refractivity contribution in [3.8, 4) is 5.75 Å². The number of para-hydroxylation sites is 1. The zero-order valence-corrected chi connectivity index (χ0v) is 18.5. The third kappa shape index (κ3) is 4.30. The Hall–Kier alpha value is -2.86. The molecule has 2 aliphatic rings. The third-order valence-corrected chi connectivity index (χ3v) is 6.38. The van der Waals surface area contributed by atoms with E-state index in [0.29, 0.717) is 17.2 Å². The minimum absolute atomic E-state index is 0.0136. The van der Waals surface area contributed by atoms with Crippen LogP contribution in [0.3, 0.4) is 0 Å². The van der Waals surface area contributed by atoms with Crippen LogP contribution in [-0.4, -0.2) is 48.1 Å². The van der Waals surface area contributed by atoms with Gasteiger partial charge in [-0.25, -0.2) is 5.01 Å². The molecule has 1 fully saturated rings. The van der Waals surface area contributed by atoms with Gasteiger partial charge in [0.1, 0.15) is 12.3 Å². The van der Waals surface area contributed by atoms with E-state index >= 15 is 0 Å². The zero-order valence-electron chi connectivity index (χ0n) is 17.8. The van der Waals surface area contributed by atoms with Crippen LogP contribution in [0.15, 0.2) is 53.6 Å². The van der Waals surface area contributed by atoms with Gasteiger partial charge in [0.2, 0.25) is 5.91 Å². The van der Waals surface area contributed by atoms with Crippen LogP contribution in [-0.2, 0) is 9.59 Å². The molecular formula is C24H26ClN3O3. The highest BCUT2D eigenvalue weighted by molar-refractivity contribution is 6.34. The molecule has 0 N–H and O–H groups in total. The first-order valence-electron chi connectivity index (χ1n) is 10.5. The van der Waals surface area contributed by atoms with Crippen LogP contribution in [0.1, 0.15) is 42.9 Å². The van der Waals surface area contributed by atoms with Gasteiger partial charge < -0.3 is 9.64 Å². The summed E-state index contributed by atoms with van der Waals surface area (Å²) < 4.78 is 5.54. The maximum Gasteiger partial charge on any atom is 0.262 e. The Kier molecular flexibility index (Phi) is 6.28. The SMILES string of the molecule is COc1ccccc1[C@@H]1CC(c2ccccc2Cl)=NN1C(=O)CN(C)C(=O)C1CCC1. The highest BCUT2D eigenvalue weighted by atomic mass is 35.5. The fraction of sp³-hybridized carbons (Fsp3) is 0.375. The molecule has 2 aromatic rings. The van der Waals surface area contributed by atoms with E-state index in [1.165, 1.54) is 9.91 Å². The number of ether oxygens (including phenoxy) is 1. The monoisotopic (exact) mass is 439 g/mol. The Balaban J connectivity index is 1.63. The topological polar surface area (TPSA) is 62.2 Å². The number of likely N-dealkylation sites (N-methyl/N-ethyl adjacent to an activating group) is 1. The van der Waals surface area contributed by atoms with Crippen molar-refractivity contribution in [1.29, 1.82) is 0 Å². The van der Waals surface area contributed by atoms with Gasteiger partial charge in [0.25, 0.3) is 5.91 Å². The van der Waals surface area contributed by atoms with Gasteiger partial charge >= 0.3 is 0 Å².